The normalized spacial score (nSPS) is 12.4. The number of nitrogens with zero attached hydrogens (tertiary/aromatic N) is 1. The quantitative estimate of drug-likeness (QED) is 0.897. The highest BCUT2D eigenvalue weighted by molar-refractivity contribution is 5.22. The van der Waals surface area contributed by atoms with Crippen molar-refractivity contribution in [2.24, 2.45) is 5.73 Å². The van der Waals surface area contributed by atoms with E-state index < -0.39 is 0 Å². The molecule has 0 spiro atoms. The maximum atomic E-state index is 13.1. The summed E-state index contributed by atoms with van der Waals surface area (Å²) in [6.45, 7) is 2.09. The van der Waals surface area contributed by atoms with Gasteiger partial charge < -0.3 is 5.73 Å². The topological polar surface area (TPSA) is 38.9 Å². The van der Waals surface area contributed by atoms with Crippen LogP contribution >= 0.6 is 0 Å². The number of halogens is 1. The maximum Gasteiger partial charge on any atom is 0.123 e. The summed E-state index contributed by atoms with van der Waals surface area (Å²) in [6.07, 6.45) is 3.46. The zero-order valence-electron chi connectivity index (χ0n) is 10.4. The van der Waals surface area contributed by atoms with Crippen molar-refractivity contribution < 1.29 is 4.39 Å². The third-order valence-electron chi connectivity index (χ3n) is 3.00. The van der Waals surface area contributed by atoms with E-state index in [1.165, 1.54) is 17.7 Å². The van der Waals surface area contributed by atoms with Gasteiger partial charge in [0, 0.05) is 24.4 Å². The largest absolute Gasteiger partial charge is 0.324 e. The lowest BCUT2D eigenvalue weighted by Gasteiger charge is -2.11. The van der Waals surface area contributed by atoms with E-state index in [-0.39, 0.29) is 11.9 Å². The van der Waals surface area contributed by atoms with Gasteiger partial charge in [-0.15, -0.1) is 0 Å². The second kappa shape index (κ2) is 5.74. The van der Waals surface area contributed by atoms with E-state index in [1.54, 1.807) is 6.07 Å². The van der Waals surface area contributed by atoms with Crippen molar-refractivity contribution in [2.75, 3.05) is 0 Å². The molecule has 18 heavy (non-hydrogen) atoms. The molecule has 94 valence electrons. The lowest BCUT2D eigenvalue weighted by molar-refractivity contribution is 0.617. The molecule has 1 aromatic heterocycles. The van der Waals surface area contributed by atoms with Gasteiger partial charge in [0.15, 0.2) is 0 Å². The van der Waals surface area contributed by atoms with Gasteiger partial charge in [-0.1, -0.05) is 25.1 Å². The summed E-state index contributed by atoms with van der Waals surface area (Å²) in [5.74, 6) is -0.253. The predicted octanol–water partition coefficient (Wildman–Crippen LogP) is 3.03. The average Bonchev–Trinajstić information content (AvgIpc) is 2.39. The lowest BCUT2D eigenvalue weighted by Crippen LogP contribution is -2.14. The highest BCUT2D eigenvalue weighted by Gasteiger charge is 2.08. The monoisotopic (exact) mass is 244 g/mol. The first kappa shape index (κ1) is 12.7. The van der Waals surface area contributed by atoms with E-state index in [1.807, 2.05) is 18.3 Å². The van der Waals surface area contributed by atoms with Crippen LogP contribution in [0.3, 0.4) is 0 Å². The van der Waals surface area contributed by atoms with Gasteiger partial charge in [-0.2, -0.15) is 0 Å². The zero-order chi connectivity index (χ0) is 13.0. The van der Waals surface area contributed by atoms with E-state index in [2.05, 4.69) is 18.0 Å². The molecule has 2 N–H and O–H groups in total. The highest BCUT2D eigenvalue weighted by atomic mass is 19.1. The highest BCUT2D eigenvalue weighted by Crippen LogP contribution is 2.16. The molecule has 0 aliphatic carbocycles. The van der Waals surface area contributed by atoms with E-state index in [0.717, 1.165) is 17.7 Å². The summed E-state index contributed by atoms with van der Waals surface area (Å²) in [5.41, 5.74) is 9.00. The molecule has 3 heteroatoms. The van der Waals surface area contributed by atoms with E-state index in [4.69, 9.17) is 5.73 Å². The second-order valence-corrected chi connectivity index (χ2v) is 4.38. The van der Waals surface area contributed by atoms with Crippen molar-refractivity contribution in [3.63, 3.8) is 0 Å². The molecule has 0 fully saturated rings. The summed E-state index contributed by atoms with van der Waals surface area (Å²) in [4.78, 5) is 4.36. The van der Waals surface area contributed by atoms with Gasteiger partial charge in [0.05, 0.1) is 0 Å². The molecule has 2 aromatic rings. The van der Waals surface area contributed by atoms with E-state index in [9.17, 15) is 4.39 Å². The summed E-state index contributed by atoms with van der Waals surface area (Å²) in [6, 6.07) is 10.2. The molecule has 0 saturated heterocycles. The van der Waals surface area contributed by atoms with Gasteiger partial charge in [-0.25, -0.2) is 4.39 Å². The second-order valence-electron chi connectivity index (χ2n) is 4.38. The number of hydrogen-bond acceptors (Lipinski definition) is 2. The van der Waals surface area contributed by atoms with Crippen LogP contribution in [-0.2, 0) is 12.8 Å². The summed E-state index contributed by atoms with van der Waals surface area (Å²) >= 11 is 0. The minimum absolute atomic E-state index is 0.222. The molecule has 0 saturated carbocycles. The Hall–Kier alpha value is -1.74. The number of rotatable bonds is 4. The van der Waals surface area contributed by atoms with Crippen LogP contribution in [0.25, 0.3) is 0 Å². The minimum atomic E-state index is -0.253. The van der Waals surface area contributed by atoms with Gasteiger partial charge in [-0.3, -0.25) is 4.98 Å². The van der Waals surface area contributed by atoms with Crippen molar-refractivity contribution in [3.05, 3.63) is 65.2 Å². The number of pyridine rings is 1. The Labute approximate surface area is 107 Å². The van der Waals surface area contributed by atoms with Crippen LogP contribution in [0.15, 0.2) is 42.6 Å². The van der Waals surface area contributed by atoms with Crippen LogP contribution < -0.4 is 5.73 Å². The maximum absolute atomic E-state index is 13.1. The van der Waals surface area contributed by atoms with Crippen molar-refractivity contribution in [2.45, 2.75) is 25.8 Å². The molecule has 1 aromatic carbocycles. The van der Waals surface area contributed by atoms with Crippen LogP contribution in [0.4, 0.5) is 4.39 Å². The Bertz CT molecular complexity index is 508. The predicted molar refractivity (Wildman–Crippen MR) is 70.6 cm³/mol. The molecule has 0 aliphatic heterocycles. The molecule has 0 bridgehead atoms. The molecule has 0 aliphatic rings. The first-order valence-corrected chi connectivity index (χ1v) is 6.14. The molecule has 2 nitrogen and oxygen atoms in total. The van der Waals surface area contributed by atoms with Crippen molar-refractivity contribution >= 4 is 0 Å². The van der Waals surface area contributed by atoms with Crippen LogP contribution in [0.5, 0.6) is 0 Å². The first-order valence-electron chi connectivity index (χ1n) is 6.14. The Morgan fingerprint density at radius 2 is 2.11 bits per heavy atom. The number of aryl methyl sites for hydroxylation is 1. The smallest absolute Gasteiger partial charge is 0.123 e. The fourth-order valence-electron chi connectivity index (χ4n) is 1.87. The molecule has 1 unspecified atom stereocenters. The van der Waals surface area contributed by atoms with Crippen molar-refractivity contribution in [1.82, 2.24) is 4.98 Å². The number of nitrogens with two attached hydrogens (primary N) is 1. The number of benzene rings is 1. The van der Waals surface area contributed by atoms with E-state index in [0.29, 0.717) is 6.42 Å². The average molecular weight is 244 g/mol. The van der Waals surface area contributed by atoms with Crippen LogP contribution in [0.1, 0.15) is 29.8 Å². The molecular weight excluding hydrogens is 227 g/mol. The molecule has 0 radical (unpaired) electrons. The fourth-order valence-corrected chi connectivity index (χ4v) is 1.87. The summed E-state index contributed by atoms with van der Waals surface area (Å²) in [7, 11) is 0. The Morgan fingerprint density at radius 3 is 2.72 bits per heavy atom. The van der Waals surface area contributed by atoms with Gasteiger partial charge in [0.25, 0.3) is 0 Å². The van der Waals surface area contributed by atoms with Crippen molar-refractivity contribution in [3.8, 4) is 0 Å². The fraction of sp³-hybridized carbons (Fsp3) is 0.267. The molecule has 2 rings (SSSR count). The Kier molecular flexibility index (Phi) is 4.05. The Balaban J connectivity index is 2.08. The Morgan fingerprint density at radius 1 is 1.28 bits per heavy atom. The van der Waals surface area contributed by atoms with E-state index >= 15 is 0 Å². The van der Waals surface area contributed by atoms with Gasteiger partial charge in [0.1, 0.15) is 5.82 Å². The minimum Gasteiger partial charge on any atom is -0.324 e. The number of aromatic nitrogens is 1. The molecule has 1 atom stereocenters. The molecular formula is C15H17FN2. The third-order valence-corrected chi connectivity index (χ3v) is 3.00. The summed E-state index contributed by atoms with van der Waals surface area (Å²) < 4.78 is 13.1. The van der Waals surface area contributed by atoms with Gasteiger partial charge in [-0.05, 0) is 35.7 Å². The van der Waals surface area contributed by atoms with Crippen LogP contribution in [0.2, 0.25) is 0 Å². The molecule has 0 amide bonds. The van der Waals surface area contributed by atoms with Crippen molar-refractivity contribution in [1.29, 1.82) is 0 Å². The third kappa shape index (κ3) is 3.14. The standard InChI is InChI=1S/C15H17FN2/c1-2-11-6-7-14(18-10-11)9-15(17)12-4-3-5-13(16)8-12/h3-8,10,15H,2,9,17H2,1H3. The zero-order valence-corrected chi connectivity index (χ0v) is 10.4. The number of hydrogen-bond donors (Lipinski definition) is 1. The van der Waals surface area contributed by atoms with Crippen LogP contribution in [0, 0.1) is 5.82 Å². The van der Waals surface area contributed by atoms with Gasteiger partial charge >= 0.3 is 0 Å². The first-order chi connectivity index (χ1) is 8.69. The molecule has 1 heterocycles. The van der Waals surface area contributed by atoms with Gasteiger partial charge in [0.2, 0.25) is 0 Å². The lowest BCUT2D eigenvalue weighted by atomic mass is 10.0. The van der Waals surface area contributed by atoms with Crippen LogP contribution in [-0.4, -0.2) is 4.98 Å². The summed E-state index contributed by atoms with van der Waals surface area (Å²) in [5, 5.41) is 0. The SMILES string of the molecule is CCc1ccc(CC(N)c2cccc(F)c2)nc1.